The number of nitrogens with one attached hydrogen (secondary N) is 1. The molecule has 0 unspecified atom stereocenters. The smallest absolute Gasteiger partial charge is 0.255 e. The third kappa shape index (κ3) is 3.68. The fourth-order valence-corrected chi connectivity index (χ4v) is 3.93. The highest BCUT2D eigenvalue weighted by Crippen LogP contribution is 2.25. The van der Waals surface area contributed by atoms with E-state index in [2.05, 4.69) is 5.32 Å². The van der Waals surface area contributed by atoms with E-state index in [-0.39, 0.29) is 23.5 Å². The average Bonchev–Trinajstić information content (AvgIpc) is 2.61. The van der Waals surface area contributed by atoms with Gasteiger partial charge in [0.1, 0.15) is 5.75 Å². The largest absolute Gasteiger partial charge is 0.496 e. The highest BCUT2D eigenvalue weighted by molar-refractivity contribution is 7.89. The summed E-state index contributed by atoms with van der Waals surface area (Å²) in [4.78, 5) is 24.4. The van der Waals surface area contributed by atoms with Crippen molar-refractivity contribution < 1.29 is 22.7 Å². The van der Waals surface area contributed by atoms with E-state index in [0.29, 0.717) is 31.8 Å². The van der Waals surface area contributed by atoms with Gasteiger partial charge in [-0.3, -0.25) is 9.59 Å². The minimum absolute atomic E-state index is 0.0316. The molecule has 1 N–H and O–H groups in total. The lowest BCUT2D eigenvalue weighted by molar-refractivity contribution is -0.119. The Balaban J connectivity index is 2.32. The van der Waals surface area contributed by atoms with Gasteiger partial charge in [-0.15, -0.1) is 0 Å². The summed E-state index contributed by atoms with van der Waals surface area (Å²) in [5.74, 6) is -0.0807. The molecule has 8 nitrogen and oxygen atoms in total. The van der Waals surface area contributed by atoms with Crippen molar-refractivity contribution in [3.05, 3.63) is 23.8 Å². The Hall–Kier alpha value is -2.13. The number of benzene rings is 1. The Labute approximate surface area is 141 Å². The topological polar surface area (TPSA) is 96.0 Å². The van der Waals surface area contributed by atoms with Crippen molar-refractivity contribution in [1.29, 1.82) is 0 Å². The van der Waals surface area contributed by atoms with Crippen LogP contribution in [-0.4, -0.2) is 69.8 Å². The van der Waals surface area contributed by atoms with Gasteiger partial charge < -0.3 is 15.0 Å². The molecule has 1 aliphatic rings. The van der Waals surface area contributed by atoms with E-state index in [1.54, 1.807) is 6.92 Å². The van der Waals surface area contributed by atoms with E-state index in [9.17, 15) is 18.0 Å². The first-order valence-electron chi connectivity index (χ1n) is 7.59. The van der Waals surface area contributed by atoms with Crippen molar-refractivity contribution >= 4 is 22.3 Å². The highest BCUT2D eigenvalue weighted by atomic mass is 32.2. The predicted molar refractivity (Wildman–Crippen MR) is 87.4 cm³/mol. The second-order valence-corrected chi connectivity index (χ2v) is 7.20. The van der Waals surface area contributed by atoms with Crippen LogP contribution >= 0.6 is 0 Å². The lowest BCUT2D eigenvalue weighted by atomic mass is 10.2. The average molecular weight is 355 g/mol. The predicted octanol–water partition coefficient (Wildman–Crippen LogP) is -0.0924. The number of carbonyl (C=O) groups is 2. The Morgan fingerprint density at radius 3 is 2.50 bits per heavy atom. The van der Waals surface area contributed by atoms with Crippen LogP contribution < -0.4 is 10.1 Å². The zero-order valence-corrected chi connectivity index (χ0v) is 14.5. The first kappa shape index (κ1) is 18.2. The Bertz CT molecular complexity index is 712. The number of piperazine rings is 1. The van der Waals surface area contributed by atoms with Crippen LogP contribution in [0.25, 0.3) is 0 Å². The minimum Gasteiger partial charge on any atom is -0.496 e. The second-order valence-electron chi connectivity index (χ2n) is 5.27. The van der Waals surface area contributed by atoms with Crippen LogP contribution in [0.1, 0.15) is 17.3 Å². The van der Waals surface area contributed by atoms with Crippen molar-refractivity contribution in [2.45, 2.75) is 11.8 Å². The number of methoxy groups -OCH3 is 1. The number of sulfonamides is 1. The first-order valence-corrected chi connectivity index (χ1v) is 9.03. The number of amides is 2. The lowest BCUT2D eigenvalue weighted by Gasteiger charge is -2.31. The number of ether oxygens (including phenoxy) is 1. The zero-order valence-electron chi connectivity index (χ0n) is 13.7. The fraction of sp³-hybridized carbons (Fsp3) is 0.467. The van der Waals surface area contributed by atoms with Crippen molar-refractivity contribution in [3.8, 4) is 5.75 Å². The van der Waals surface area contributed by atoms with Crippen molar-refractivity contribution in [1.82, 2.24) is 14.5 Å². The van der Waals surface area contributed by atoms with Gasteiger partial charge >= 0.3 is 0 Å². The van der Waals surface area contributed by atoms with Gasteiger partial charge in [0, 0.05) is 32.7 Å². The van der Waals surface area contributed by atoms with Gasteiger partial charge in [0.25, 0.3) is 5.91 Å². The number of nitrogens with zero attached hydrogens (tertiary/aromatic N) is 2. The molecule has 9 heteroatoms. The van der Waals surface area contributed by atoms with E-state index in [1.807, 2.05) is 0 Å². The Kier molecular flexibility index (Phi) is 5.79. The molecule has 0 spiro atoms. The third-order valence-electron chi connectivity index (χ3n) is 3.81. The van der Waals surface area contributed by atoms with Crippen molar-refractivity contribution in [2.24, 2.45) is 0 Å². The summed E-state index contributed by atoms with van der Waals surface area (Å²) in [6, 6.07) is 4.22. The summed E-state index contributed by atoms with van der Waals surface area (Å²) < 4.78 is 32.0. The van der Waals surface area contributed by atoms with Crippen LogP contribution in [0.15, 0.2) is 23.1 Å². The van der Waals surface area contributed by atoms with Gasteiger partial charge in [0.15, 0.2) is 0 Å². The maximum absolute atomic E-state index is 12.8. The molecular formula is C15H21N3O5S. The monoisotopic (exact) mass is 355 g/mol. The lowest BCUT2D eigenvalue weighted by Crippen LogP contribution is -2.48. The zero-order chi connectivity index (χ0) is 17.7. The van der Waals surface area contributed by atoms with Gasteiger partial charge in [-0.05, 0) is 25.1 Å². The van der Waals surface area contributed by atoms with Crippen LogP contribution in [0.5, 0.6) is 5.75 Å². The third-order valence-corrected chi connectivity index (χ3v) is 5.71. The molecule has 0 aromatic heterocycles. The number of hydrogen-bond donors (Lipinski definition) is 1. The normalized spacial score (nSPS) is 15.8. The van der Waals surface area contributed by atoms with E-state index in [4.69, 9.17) is 4.74 Å². The van der Waals surface area contributed by atoms with Crippen LogP contribution in [-0.2, 0) is 14.8 Å². The molecule has 0 aliphatic carbocycles. The Morgan fingerprint density at radius 2 is 1.96 bits per heavy atom. The first-order chi connectivity index (χ1) is 11.4. The molecule has 24 heavy (non-hydrogen) atoms. The maximum Gasteiger partial charge on any atom is 0.255 e. The van der Waals surface area contributed by atoms with Crippen LogP contribution in [0.2, 0.25) is 0 Å². The molecule has 0 atom stereocenters. The fourth-order valence-electron chi connectivity index (χ4n) is 2.48. The second kappa shape index (κ2) is 7.63. The van der Waals surface area contributed by atoms with Crippen molar-refractivity contribution in [3.63, 3.8) is 0 Å². The molecule has 0 bridgehead atoms. The summed E-state index contributed by atoms with van der Waals surface area (Å²) in [5.41, 5.74) is 0.173. The summed E-state index contributed by atoms with van der Waals surface area (Å²) in [5, 5.41) is 2.64. The molecule has 1 aromatic rings. The van der Waals surface area contributed by atoms with E-state index < -0.39 is 15.9 Å². The van der Waals surface area contributed by atoms with Crippen LogP contribution in [0.4, 0.5) is 0 Å². The quantitative estimate of drug-likeness (QED) is 0.720. The van der Waals surface area contributed by atoms with Crippen LogP contribution in [0, 0.1) is 0 Å². The summed E-state index contributed by atoms with van der Waals surface area (Å²) >= 11 is 0. The van der Waals surface area contributed by atoms with Crippen molar-refractivity contribution in [2.75, 3.05) is 39.8 Å². The molecule has 2 rings (SSSR count). The molecule has 2 amide bonds. The SMILES string of the molecule is CCNC(=O)c1cc(S(=O)(=O)N2CCN(C=O)CC2)ccc1OC. The van der Waals surface area contributed by atoms with Gasteiger partial charge in [0.05, 0.1) is 17.6 Å². The van der Waals surface area contributed by atoms with Gasteiger partial charge in [0.2, 0.25) is 16.4 Å². The molecule has 1 aromatic carbocycles. The molecule has 1 saturated heterocycles. The number of carbonyl (C=O) groups excluding carboxylic acids is 2. The molecule has 0 radical (unpaired) electrons. The maximum atomic E-state index is 12.8. The number of rotatable bonds is 6. The molecule has 1 aliphatic heterocycles. The molecule has 132 valence electrons. The summed E-state index contributed by atoms with van der Waals surface area (Å²) in [7, 11) is -2.31. The van der Waals surface area contributed by atoms with Gasteiger partial charge in [-0.25, -0.2) is 8.42 Å². The van der Waals surface area contributed by atoms with Gasteiger partial charge in [-0.1, -0.05) is 0 Å². The summed E-state index contributed by atoms with van der Waals surface area (Å²) in [6.07, 6.45) is 0.713. The van der Waals surface area contributed by atoms with E-state index in [1.165, 1.54) is 34.5 Å². The van der Waals surface area contributed by atoms with E-state index in [0.717, 1.165) is 0 Å². The van der Waals surface area contributed by atoms with Gasteiger partial charge in [-0.2, -0.15) is 4.31 Å². The molecule has 1 heterocycles. The Morgan fingerprint density at radius 1 is 1.29 bits per heavy atom. The molecule has 0 saturated carbocycles. The summed E-state index contributed by atoms with van der Waals surface area (Å²) in [6.45, 7) is 3.35. The number of hydrogen-bond acceptors (Lipinski definition) is 5. The molecular weight excluding hydrogens is 334 g/mol. The standard InChI is InChI=1S/C15H21N3O5S/c1-3-16-15(20)13-10-12(4-5-14(13)23-2)24(21,22)18-8-6-17(11-19)7-9-18/h4-5,10-11H,3,6-9H2,1-2H3,(H,16,20). The van der Waals surface area contributed by atoms with E-state index >= 15 is 0 Å². The minimum atomic E-state index is -3.73. The molecule has 1 fully saturated rings. The van der Waals surface area contributed by atoms with Crippen LogP contribution in [0.3, 0.4) is 0 Å². The highest BCUT2D eigenvalue weighted by Gasteiger charge is 2.29.